The first-order valence-electron chi connectivity index (χ1n) is 10.1. The van der Waals surface area contributed by atoms with Gasteiger partial charge in [0.15, 0.2) is 5.58 Å². The summed E-state index contributed by atoms with van der Waals surface area (Å²) >= 11 is 7.44. The van der Waals surface area contributed by atoms with Crippen LogP contribution in [0.15, 0.2) is 85.7 Å². The molecular formula is C24H15ClN4O3S. The van der Waals surface area contributed by atoms with Gasteiger partial charge in [-0.2, -0.15) is 0 Å². The summed E-state index contributed by atoms with van der Waals surface area (Å²) in [5.41, 5.74) is 3.21. The highest BCUT2D eigenvalue weighted by atomic mass is 35.5. The molecule has 0 N–H and O–H groups in total. The SMILES string of the molecule is O=c1cc(Cn2cc(CSc3nc4cc(Cl)ccc4o3)nn2)c2ccc3ccccc3c2o1. The molecule has 0 unspecified atom stereocenters. The standard InChI is InChI=1S/C24H15ClN4O3S/c25-16-6-8-21-20(10-16)26-24(31-21)33-13-17-12-29(28-27-17)11-15-9-22(30)32-23-18-4-2-1-3-14(18)5-7-19(15)23/h1-10,12H,11,13H2. The third-order valence-electron chi connectivity index (χ3n) is 5.31. The van der Waals surface area contributed by atoms with Gasteiger partial charge in [0.05, 0.1) is 12.2 Å². The smallest absolute Gasteiger partial charge is 0.336 e. The van der Waals surface area contributed by atoms with E-state index in [1.165, 1.54) is 17.8 Å². The number of hydrogen-bond donors (Lipinski definition) is 0. The molecule has 7 nitrogen and oxygen atoms in total. The van der Waals surface area contributed by atoms with Crippen LogP contribution in [0, 0.1) is 0 Å². The summed E-state index contributed by atoms with van der Waals surface area (Å²) in [4.78, 5) is 16.7. The van der Waals surface area contributed by atoms with E-state index < -0.39 is 0 Å². The van der Waals surface area contributed by atoms with Crippen molar-refractivity contribution in [2.45, 2.75) is 17.5 Å². The van der Waals surface area contributed by atoms with Crippen molar-refractivity contribution in [2.75, 3.05) is 0 Å². The summed E-state index contributed by atoms with van der Waals surface area (Å²) in [5.74, 6) is 0.545. The molecule has 3 aromatic heterocycles. The molecule has 3 heterocycles. The Morgan fingerprint density at radius 2 is 1.91 bits per heavy atom. The predicted molar refractivity (Wildman–Crippen MR) is 128 cm³/mol. The van der Waals surface area contributed by atoms with Gasteiger partial charge in [0.1, 0.15) is 11.1 Å². The Labute approximate surface area is 196 Å². The molecule has 6 rings (SSSR count). The van der Waals surface area contributed by atoms with Crippen LogP contribution in [-0.2, 0) is 12.3 Å². The molecule has 0 bridgehead atoms. The quantitative estimate of drug-likeness (QED) is 0.180. The lowest BCUT2D eigenvalue weighted by molar-refractivity contribution is 0.489. The van der Waals surface area contributed by atoms with Crippen LogP contribution in [0.25, 0.3) is 32.8 Å². The maximum absolute atomic E-state index is 12.3. The van der Waals surface area contributed by atoms with E-state index in [9.17, 15) is 4.79 Å². The van der Waals surface area contributed by atoms with Gasteiger partial charge in [-0.05, 0) is 29.1 Å². The first-order chi connectivity index (χ1) is 16.1. The first kappa shape index (κ1) is 20.0. The second-order valence-electron chi connectivity index (χ2n) is 7.54. The van der Waals surface area contributed by atoms with Crippen LogP contribution >= 0.6 is 23.4 Å². The molecule has 0 radical (unpaired) electrons. The number of thioether (sulfide) groups is 1. The van der Waals surface area contributed by atoms with E-state index >= 15 is 0 Å². The van der Waals surface area contributed by atoms with E-state index in [1.54, 1.807) is 22.9 Å². The largest absolute Gasteiger partial charge is 0.431 e. The summed E-state index contributed by atoms with van der Waals surface area (Å²) < 4.78 is 13.0. The molecule has 0 spiro atoms. The van der Waals surface area contributed by atoms with Gasteiger partial charge < -0.3 is 8.83 Å². The lowest BCUT2D eigenvalue weighted by Crippen LogP contribution is -2.06. The second kappa shape index (κ2) is 8.06. The van der Waals surface area contributed by atoms with Crippen LogP contribution < -0.4 is 5.63 Å². The minimum absolute atomic E-state index is 0.388. The van der Waals surface area contributed by atoms with Gasteiger partial charge in [0.2, 0.25) is 0 Å². The van der Waals surface area contributed by atoms with Crippen molar-refractivity contribution < 1.29 is 8.83 Å². The minimum atomic E-state index is -0.388. The molecule has 0 fully saturated rings. The summed E-state index contributed by atoms with van der Waals surface area (Å²) in [6.07, 6.45) is 1.86. The maximum atomic E-state index is 12.3. The van der Waals surface area contributed by atoms with Crippen LogP contribution in [0.5, 0.6) is 0 Å². The molecule has 0 aliphatic heterocycles. The Balaban J connectivity index is 1.25. The number of halogens is 1. The van der Waals surface area contributed by atoms with Gasteiger partial charge in [0.25, 0.3) is 5.22 Å². The van der Waals surface area contributed by atoms with Crippen LogP contribution in [0.4, 0.5) is 0 Å². The van der Waals surface area contributed by atoms with Crippen molar-refractivity contribution in [3.05, 3.63) is 93.6 Å². The number of nitrogens with zero attached hydrogens (tertiary/aromatic N) is 4. The topological polar surface area (TPSA) is 87.0 Å². The molecule has 9 heteroatoms. The number of aromatic nitrogens is 4. The third-order valence-corrected chi connectivity index (χ3v) is 6.41. The zero-order valence-electron chi connectivity index (χ0n) is 17.1. The highest BCUT2D eigenvalue weighted by Crippen LogP contribution is 2.28. The van der Waals surface area contributed by atoms with Crippen LogP contribution in [0.3, 0.4) is 0 Å². The Bertz CT molecular complexity index is 1710. The fraction of sp³-hybridized carbons (Fsp3) is 0.0833. The van der Waals surface area contributed by atoms with E-state index in [2.05, 4.69) is 15.3 Å². The van der Waals surface area contributed by atoms with E-state index in [4.69, 9.17) is 20.4 Å². The molecule has 0 aliphatic carbocycles. The highest BCUT2D eigenvalue weighted by molar-refractivity contribution is 7.98. The number of rotatable bonds is 5. The van der Waals surface area contributed by atoms with Crippen LogP contribution in [0.2, 0.25) is 5.02 Å². The van der Waals surface area contributed by atoms with Crippen LogP contribution in [-0.4, -0.2) is 20.0 Å². The fourth-order valence-corrected chi connectivity index (χ4v) is 4.70. The van der Waals surface area contributed by atoms with E-state index in [-0.39, 0.29) is 5.63 Å². The summed E-state index contributed by atoms with van der Waals surface area (Å²) in [5, 5.41) is 12.4. The zero-order chi connectivity index (χ0) is 22.4. The average molecular weight is 475 g/mol. The molecule has 0 saturated heterocycles. The van der Waals surface area contributed by atoms with Gasteiger partial charge >= 0.3 is 5.63 Å². The molecule has 0 amide bonds. The summed E-state index contributed by atoms with van der Waals surface area (Å²) in [6, 6.07) is 18.7. The van der Waals surface area contributed by atoms with Gasteiger partial charge in [-0.1, -0.05) is 65.0 Å². The first-order valence-corrected chi connectivity index (χ1v) is 11.5. The Kier molecular flexibility index (Phi) is 4.89. The molecule has 3 aromatic carbocycles. The van der Waals surface area contributed by atoms with Crippen molar-refractivity contribution >= 4 is 56.2 Å². The number of benzene rings is 3. The van der Waals surface area contributed by atoms with Crippen molar-refractivity contribution in [2.24, 2.45) is 0 Å². The molecule has 33 heavy (non-hydrogen) atoms. The summed E-state index contributed by atoms with van der Waals surface area (Å²) in [7, 11) is 0. The molecule has 162 valence electrons. The Morgan fingerprint density at radius 3 is 2.85 bits per heavy atom. The lowest BCUT2D eigenvalue weighted by Gasteiger charge is -2.07. The van der Waals surface area contributed by atoms with E-state index in [0.29, 0.717) is 33.7 Å². The third kappa shape index (κ3) is 3.88. The highest BCUT2D eigenvalue weighted by Gasteiger charge is 2.12. The fourth-order valence-electron chi connectivity index (χ4n) is 3.82. The van der Waals surface area contributed by atoms with Gasteiger partial charge in [-0.25, -0.2) is 14.5 Å². The minimum Gasteiger partial charge on any atom is -0.431 e. The lowest BCUT2D eigenvalue weighted by atomic mass is 10.0. The van der Waals surface area contributed by atoms with Gasteiger partial charge in [-0.3, -0.25) is 0 Å². The molecule has 0 aliphatic rings. The molecule has 6 aromatic rings. The maximum Gasteiger partial charge on any atom is 0.336 e. The predicted octanol–water partition coefficient (Wildman–Crippen LogP) is 5.67. The van der Waals surface area contributed by atoms with Crippen LogP contribution in [0.1, 0.15) is 11.3 Å². The summed E-state index contributed by atoms with van der Waals surface area (Å²) in [6.45, 7) is 0.402. The molecule has 0 saturated carbocycles. The van der Waals surface area contributed by atoms with Crippen molar-refractivity contribution in [3.63, 3.8) is 0 Å². The zero-order valence-corrected chi connectivity index (χ0v) is 18.6. The average Bonchev–Trinajstić information content (AvgIpc) is 3.43. The molecule has 0 atom stereocenters. The van der Waals surface area contributed by atoms with Crippen molar-refractivity contribution in [1.82, 2.24) is 20.0 Å². The molecular weight excluding hydrogens is 460 g/mol. The Hall–Kier alpha value is -3.62. The monoisotopic (exact) mass is 474 g/mol. The van der Waals surface area contributed by atoms with Crippen molar-refractivity contribution in [1.29, 1.82) is 0 Å². The number of fused-ring (bicyclic) bond motifs is 4. The normalized spacial score (nSPS) is 11.7. The van der Waals surface area contributed by atoms with Crippen molar-refractivity contribution in [3.8, 4) is 0 Å². The van der Waals surface area contributed by atoms with Gasteiger partial charge in [0, 0.05) is 33.8 Å². The van der Waals surface area contributed by atoms with E-state index in [1.807, 2.05) is 42.6 Å². The van der Waals surface area contributed by atoms with Gasteiger partial charge in [-0.15, -0.1) is 5.10 Å². The van der Waals surface area contributed by atoms with E-state index in [0.717, 1.165) is 32.9 Å². The Morgan fingerprint density at radius 1 is 1.00 bits per heavy atom. The number of hydrogen-bond acceptors (Lipinski definition) is 7. The second-order valence-corrected chi connectivity index (χ2v) is 8.91. The number of oxazole rings is 1.